The molecule has 0 unspecified atom stereocenters. The second-order valence-corrected chi connectivity index (χ2v) is 10.1. The average molecular weight is 588 g/mol. The Kier molecular flexibility index (Phi) is 10.9. The summed E-state index contributed by atoms with van der Waals surface area (Å²) in [6, 6.07) is 20.5. The van der Waals surface area contributed by atoms with Crippen LogP contribution in [0.5, 0.6) is 17.2 Å². The van der Waals surface area contributed by atoms with E-state index in [0.717, 1.165) is 16.7 Å². The van der Waals surface area contributed by atoms with Crippen molar-refractivity contribution in [2.45, 2.75) is 44.4 Å². The zero-order chi connectivity index (χ0) is 30.7. The van der Waals surface area contributed by atoms with Crippen molar-refractivity contribution < 1.29 is 28.8 Å². The molecule has 226 valence electrons. The molecular formula is C32H37N5O6. The maximum atomic E-state index is 14.0. The minimum absolute atomic E-state index is 0.0606. The number of nitrogens with one attached hydrogen (secondary N) is 1. The minimum atomic E-state index is -1.27. The molecule has 0 spiro atoms. The SMILES string of the molecule is COc1ccc(CCNC(=O)[C@]2(Cc3ccccc3CN=[N+]=[N-])N=C(c3ccc(OCCCO)cc3)O[C@@H]2C)cc1OC. The molecule has 3 aromatic rings. The first-order valence-corrected chi connectivity index (χ1v) is 14.1. The highest BCUT2D eigenvalue weighted by atomic mass is 16.5. The van der Waals surface area contributed by atoms with Gasteiger partial charge in [0.15, 0.2) is 17.0 Å². The summed E-state index contributed by atoms with van der Waals surface area (Å²) in [4.78, 5) is 21.9. The van der Waals surface area contributed by atoms with Gasteiger partial charge >= 0.3 is 0 Å². The lowest BCUT2D eigenvalue weighted by molar-refractivity contribution is -0.128. The summed E-state index contributed by atoms with van der Waals surface area (Å²) in [5.74, 6) is 2.01. The molecule has 4 rings (SSSR count). The number of aliphatic hydroxyl groups excluding tert-OH is 1. The van der Waals surface area contributed by atoms with Crippen LogP contribution in [0.2, 0.25) is 0 Å². The normalized spacial score (nSPS) is 17.3. The van der Waals surface area contributed by atoms with Gasteiger partial charge in [-0.15, -0.1) is 0 Å². The fourth-order valence-corrected chi connectivity index (χ4v) is 4.94. The first kappa shape index (κ1) is 31.2. The van der Waals surface area contributed by atoms with Gasteiger partial charge in [-0.3, -0.25) is 4.79 Å². The molecule has 0 radical (unpaired) electrons. The van der Waals surface area contributed by atoms with Crippen LogP contribution in [0.15, 0.2) is 76.8 Å². The summed E-state index contributed by atoms with van der Waals surface area (Å²) in [7, 11) is 3.17. The number of nitrogens with zero attached hydrogens (tertiary/aromatic N) is 4. The van der Waals surface area contributed by atoms with Crippen LogP contribution < -0.4 is 19.5 Å². The highest BCUT2D eigenvalue weighted by Crippen LogP contribution is 2.34. The summed E-state index contributed by atoms with van der Waals surface area (Å²) >= 11 is 0. The van der Waals surface area contributed by atoms with Crippen molar-refractivity contribution in [3.8, 4) is 17.2 Å². The van der Waals surface area contributed by atoms with Crippen LogP contribution >= 0.6 is 0 Å². The maximum Gasteiger partial charge on any atom is 0.252 e. The van der Waals surface area contributed by atoms with Crippen LogP contribution in [0.3, 0.4) is 0 Å². The third-order valence-electron chi connectivity index (χ3n) is 7.36. The van der Waals surface area contributed by atoms with Gasteiger partial charge in [-0.1, -0.05) is 35.4 Å². The van der Waals surface area contributed by atoms with Crippen LogP contribution in [0.25, 0.3) is 10.4 Å². The Morgan fingerprint density at radius 2 is 1.84 bits per heavy atom. The molecule has 2 atom stereocenters. The van der Waals surface area contributed by atoms with Crippen LogP contribution in [0.1, 0.15) is 35.6 Å². The van der Waals surface area contributed by atoms with E-state index in [-0.39, 0.29) is 25.5 Å². The van der Waals surface area contributed by atoms with Crippen LogP contribution in [0.4, 0.5) is 0 Å². The molecule has 1 amide bonds. The first-order chi connectivity index (χ1) is 20.9. The number of methoxy groups -OCH3 is 2. The molecule has 11 heteroatoms. The first-order valence-electron chi connectivity index (χ1n) is 14.1. The van der Waals surface area contributed by atoms with E-state index in [1.54, 1.807) is 14.2 Å². The summed E-state index contributed by atoms with van der Waals surface area (Å²) in [5.41, 5.74) is 11.0. The summed E-state index contributed by atoms with van der Waals surface area (Å²) in [6.07, 6.45) is 0.773. The summed E-state index contributed by atoms with van der Waals surface area (Å²) < 4.78 is 22.6. The molecule has 3 aromatic carbocycles. The predicted octanol–water partition coefficient (Wildman–Crippen LogP) is 4.78. The van der Waals surface area contributed by atoms with Crippen molar-refractivity contribution in [3.63, 3.8) is 0 Å². The number of benzene rings is 3. The molecule has 43 heavy (non-hydrogen) atoms. The molecule has 1 aliphatic rings. The number of aliphatic imine (C=N–C) groups is 1. The van der Waals surface area contributed by atoms with Gasteiger partial charge in [0.2, 0.25) is 5.90 Å². The summed E-state index contributed by atoms with van der Waals surface area (Å²) in [5, 5.41) is 15.8. The molecule has 0 aromatic heterocycles. The molecule has 11 nitrogen and oxygen atoms in total. The Labute approximate surface area is 251 Å². The minimum Gasteiger partial charge on any atom is -0.494 e. The van der Waals surface area contributed by atoms with E-state index in [1.807, 2.05) is 73.7 Å². The monoisotopic (exact) mass is 587 g/mol. The van der Waals surface area contributed by atoms with Crippen LogP contribution in [0, 0.1) is 0 Å². The van der Waals surface area contributed by atoms with Crippen molar-refractivity contribution in [3.05, 3.63) is 99.4 Å². The zero-order valence-electron chi connectivity index (χ0n) is 24.7. The quantitative estimate of drug-likeness (QED) is 0.113. The van der Waals surface area contributed by atoms with Gasteiger partial charge in [-0.25, -0.2) is 4.99 Å². The van der Waals surface area contributed by atoms with Crippen molar-refractivity contribution in [2.75, 3.05) is 34.0 Å². The standard InChI is InChI=1S/C32H37N5O6/c1-22-32(20-25-7-4-5-8-26(25)21-35-37-33,31(39)34-16-15-23-9-14-28(40-2)29(19-23)41-3)36-30(43-22)24-10-12-27(13-11-24)42-18-6-17-38/h4-5,7-14,19,22,38H,6,15-18,20-21H2,1-3H3,(H,34,39)/t22-,32-/m1/s1. The molecule has 0 saturated carbocycles. The third-order valence-corrected chi connectivity index (χ3v) is 7.36. The van der Waals surface area contributed by atoms with Crippen molar-refractivity contribution in [2.24, 2.45) is 10.1 Å². The van der Waals surface area contributed by atoms with E-state index in [9.17, 15) is 4.79 Å². The molecule has 1 aliphatic heterocycles. The van der Waals surface area contributed by atoms with Gasteiger partial charge in [0.05, 0.1) is 27.4 Å². The fraction of sp³-hybridized carbons (Fsp3) is 0.375. The number of aliphatic hydroxyl groups is 1. The lowest BCUT2D eigenvalue weighted by Gasteiger charge is -2.29. The lowest BCUT2D eigenvalue weighted by Crippen LogP contribution is -2.53. The molecule has 0 saturated heterocycles. The Morgan fingerprint density at radius 1 is 1.09 bits per heavy atom. The Bertz CT molecular complexity index is 1470. The van der Waals surface area contributed by atoms with E-state index < -0.39 is 11.6 Å². The van der Waals surface area contributed by atoms with Crippen molar-refractivity contribution in [1.29, 1.82) is 0 Å². The van der Waals surface area contributed by atoms with Crippen LogP contribution in [-0.4, -0.2) is 62.5 Å². The predicted molar refractivity (Wildman–Crippen MR) is 163 cm³/mol. The number of carbonyl (C=O) groups is 1. The highest BCUT2D eigenvalue weighted by molar-refractivity contribution is 6.01. The van der Waals surface area contributed by atoms with E-state index in [2.05, 4.69) is 15.3 Å². The maximum absolute atomic E-state index is 14.0. The fourth-order valence-electron chi connectivity index (χ4n) is 4.94. The second kappa shape index (κ2) is 14.9. The molecule has 1 heterocycles. The smallest absolute Gasteiger partial charge is 0.252 e. The number of amides is 1. The number of hydrogen-bond acceptors (Lipinski definition) is 8. The zero-order valence-corrected chi connectivity index (χ0v) is 24.7. The summed E-state index contributed by atoms with van der Waals surface area (Å²) in [6.45, 7) is 2.84. The largest absolute Gasteiger partial charge is 0.494 e. The number of hydrogen-bond donors (Lipinski definition) is 2. The molecular weight excluding hydrogens is 550 g/mol. The molecule has 0 fully saturated rings. The molecule has 0 aliphatic carbocycles. The van der Waals surface area contributed by atoms with E-state index in [1.165, 1.54) is 0 Å². The van der Waals surface area contributed by atoms with Gasteiger partial charge in [0.1, 0.15) is 11.9 Å². The average Bonchev–Trinajstić information content (AvgIpc) is 3.37. The Balaban J connectivity index is 1.60. The van der Waals surface area contributed by atoms with Crippen molar-refractivity contribution in [1.82, 2.24) is 5.32 Å². The van der Waals surface area contributed by atoms with Crippen LogP contribution in [-0.2, 0) is 28.9 Å². The van der Waals surface area contributed by atoms with E-state index in [4.69, 9.17) is 34.6 Å². The number of azide groups is 1. The Morgan fingerprint density at radius 3 is 2.53 bits per heavy atom. The van der Waals surface area contributed by atoms with E-state index >= 15 is 0 Å². The van der Waals surface area contributed by atoms with Gasteiger partial charge in [0.25, 0.3) is 5.91 Å². The number of rotatable bonds is 15. The topological polar surface area (TPSA) is 147 Å². The van der Waals surface area contributed by atoms with Crippen molar-refractivity contribution >= 4 is 11.8 Å². The Hall–Kier alpha value is -4.73. The van der Waals surface area contributed by atoms with E-state index in [0.29, 0.717) is 54.7 Å². The third kappa shape index (κ3) is 7.57. The number of carbonyl (C=O) groups excluding carboxylic acids is 1. The van der Waals surface area contributed by atoms with Gasteiger partial charge in [-0.05, 0) is 72.0 Å². The van der Waals surface area contributed by atoms with Gasteiger partial charge < -0.3 is 29.4 Å². The second-order valence-electron chi connectivity index (χ2n) is 10.1. The van der Waals surface area contributed by atoms with Gasteiger partial charge in [0, 0.05) is 36.5 Å². The molecule has 0 bridgehead atoms. The lowest BCUT2D eigenvalue weighted by atomic mass is 9.84. The van der Waals surface area contributed by atoms with Gasteiger partial charge in [-0.2, -0.15) is 0 Å². The number of ether oxygens (including phenoxy) is 4. The molecule has 2 N–H and O–H groups in total. The highest BCUT2D eigenvalue weighted by Gasteiger charge is 2.50.